The Morgan fingerprint density at radius 1 is 0.938 bits per heavy atom. The van der Waals surface area contributed by atoms with Crippen LogP contribution in [-0.4, -0.2) is 24.9 Å². The van der Waals surface area contributed by atoms with Crippen LogP contribution < -0.4 is 16.8 Å². The molecule has 0 aliphatic heterocycles. The van der Waals surface area contributed by atoms with Crippen LogP contribution in [0, 0.1) is 0 Å². The van der Waals surface area contributed by atoms with Crippen LogP contribution in [0.2, 0.25) is 0 Å². The first-order chi connectivity index (χ1) is 7.66. The van der Waals surface area contributed by atoms with Crippen LogP contribution in [0.4, 0.5) is 0 Å². The number of amides is 2. The minimum Gasteiger partial charge on any atom is -0.370 e. The molecule has 0 unspecified atom stereocenters. The van der Waals surface area contributed by atoms with Crippen molar-refractivity contribution in [3.8, 4) is 0 Å². The molecule has 5 heteroatoms. The van der Waals surface area contributed by atoms with E-state index in [1.807, 2.05) is 0 Å². The third-order valence-corrected chi connectivity index (χ3v) is 2.28. The molecule has 5 N–H and O–H groups in total. The summed E-state index contributed by atoms with van der Waals surface area (Å²) in [5.41, 5.74) is 10.3. The zero-order chi connectivity index (χ0) is 12.2. The van der Waals surface area contributed by atoms with Crippen LogP contribution in [0.3, 0.4) is 0 Å². The standard InChI is InChI=1S/C11H23N3O2/c12-8-4-1-2-7-11(16)14-9-5-3-6-10(13)15/h1-9,12H2,(H2,13,15)(H,14,16). The van der Waals surface area contributed by atoms with Crippen molar-refractivity contribution in [1.29, 1.82) is 0 Å². The molecule has 0 aromatic carbocycles. The number of unbranched alkanes of at least 4 members (excludes halogenated alkanes) is 3. The number of hydrogen-bond acceptors (Lipinski definition) is 3. The number of carbonyl (C=O) groups excluding carboxylic acids is 2. The molecule has 0 heterocycles. The van der Waals surface area contributed by atoms with Crippen molar-refractivity contribution in [2.75, 3.05) is 13.1 Å². The lowest BCUT2D eigenvalue weighted by atomic mass is 10.2. The summed E-state index contributed by atoms with van der Waals surface area (Å²) in [7, 11) is 0. The molecule has 0 saturated carbocycles. The first-order valence-electron chi connectivity index (χ1n) is 5.92. The average Bonchev–Trinajstić information content (AvgIpc) is 2.23. The van der Waals surface area contributed by atoms with Crippen molar-refractivity contribution in [1.82, 2.24) is 5.32 Å². The Morgan fingerprint density at radius 2 is 1.62 bits per heavy atom. The summed E-state index contributed by atoms with van der Waals surface area (Å²) < 4.78 is 0. The molecule has 0 aromatic heterocycles. The Morgan fingerprint density at radius 3 is 2.25 bits per heavy atom. The third-order valence-electron chi connectivity index (χ3n) is 2.28. The molecule has 0 fully saturated rings. The smallest absolute Gasteiger partial charge is 0.219 e. The number of primary amides is 1. The summed E-state index contributed by atoms with van der Waals surface area (Å²) in [6.45, 7) is 1.32. The number of carbonyl (C=O) groups is 2. The van der Waals surface area contributed by atoms with E-state index in [1.165, 1.54) is 0 Å². The van der Waals surface area contributed by atoms with Gasteiger partial charge >= 0.3 is 0 Å². The molecule has 0 spiro atoms. The van der Waals surface area contributed by atoms with Gasteiger partial charge in [0.05, 0.1) is 0 Å². The first-order valence-corrected chi connectivity index (χ1v) is 5.92. The zero-order valence-electron chi connectivity index (χ0n) is 9.84. The molecule has 0 radical (unpaired) electrons. The van der Waals surface area contributed by atoms with Crippen molar-refractivity contribution >= 4 is 11.8 Å². The quantitative estimate of drug-likeness (QED) is 0.469. The predicted molar refractivity (Wildman–Crippen MR) is 63.6 cm³/mol. The van der Waals surface area contributed by atoms with E-state index >= 15 is 0 Å². The molecule has 0 aliphatic rings. The second-order valence-electron chi connectivity index (χ2n) is 3.87. The van der Waals surface area contributed by atoms with E-state index in [0.29, 0.717) is 25.9 Å². The van der Waals surface area contributed by atoms with Gasteiger partial charge < -0.3 is 16.8 Å². The maximum absolute atomic E-state index is 11.3. The number of nitrogens with two attached hydrogens (primary N) is 2. The highest BCUT2D eigenvalue weighted by molar-refractivity contribution is 5.75. The van der Waals surface area contributed by atoms with Crippen LogP contribution in [0.5, 0.6) is 0 Å². The number of hydrogen-bond donors (Lipinski definition) is 3. The minimum atomic E-state index is -0.284. The molecule has 0 saturated heterocycles. The van der Waals surface area contributed by atoms with E-state index in [0.717, 1.165) is 32.1 Å². The largest absolute Gasteiger partial charge is 0.370 e. The van der Waals surface area contributed by atoms with Crippen molar-refractivity contribution in [3.05, 3.63) is 0 Å². The van der Waals surface area contributed by atoms with Crippen LogP contribution in [0.1, 0.15) is 44.9 Å². The zero-order valence-corrected chi connectivity index (χ0v) is 9.84. The van der Waals surface area contributed by atoms with Gasteiger partial charge in [-0.2, -0.15) is 0 Å². The molecule has 0 rings (SSSR count). The molecule has 2 amide bonds. The third kappa shape index (κ3) is 11.0. The van der Waals surface area contributed by atoms with Gasteiger partial charge in [0.1, 0.15) is 0 Å². The molecule has 0 atom stereocenters. The molecule has 94 valence electrons. The lowest BCUT2D eigenvalue weighted by Gasteiger charge is -2.04. The minimum absolute atomic E-state index is 0.0797. The fourth-order valence-electron chi connectivity index (χ4n) is 1.35. The SMILES string of the molecule is NCCCCCC(=O)NCCCCC(N)=O. The van der Waals surface area contributed by atoms with E-state index in [2.05, 4.69) is 5.32 Å². The highest BCUT2D eigenvalue weighted by atomic mass is 16.1. The monoisotopic (exact) mass is 229 g/mol. The topological polar surface area (TPSA) is 98.2 Å². The van der Waals surface area contributed by atoms with Gasteiger partial charge in [-0.1, -0.05) is 6.42 Å². The van der Waals surface area contributed by atoms with Gasteiger partial charge in [0.2, 0.25) is 11.8 Å². The van der Waals surface area contributed by atoms with Gasteiger partial charge in [-0.15, -0.1) is 0 Å². The summed E-state index contributed by atoms with van der Waals surface area (Å²) in [4.78, 5) is 21.7. The number of nitrogens with one attached hydrogen (secondary N) is 1. The predicted octanol–water partition coefficient (Wildman–Crippen LogP) is 0.277. The van der Waals surface area contributed by atoms with Crippen molar-refractivity contribution in [2.24, 2.45) is 11.5 Å². The lowest BCUT2D eigenvalue weighted by Crippen LogP contribution is -2.24. The highest BCUT2D eigenvalue weighted by Gasteiger charge is 2.00. The Kier molecular flexibility index (Phi) is 9.70. The van der Waals surface area contributed by atoms with Crippen molar-refractivity contribution in [3.63, 3.8) is 0 Å². The second-order valence-corrected chi connectivity index (χ2v) is 3.87. The second kappa shape index (κ2) is 10.4. The van der Waals surface area contributed by atoms with Crippen LogP contribution in [0.15, 0.2) is 0 Å². The van der Waals surface area contributed by atoms with Crippen molar-refractivity contribution < 1.29 is 9.59 Å². The van der Waals surface area contributed by atoms with E-state index < -0.39 is 0 Å². The first kappa shape index (κ1) is 14.9. The Bertz CT molecular complexity index is 207. The summed E-state index contributed by atoms with van der Waals surface area (Å²) in [6, 6.07) is 0. The lowest BCUT2D eigenvalue weighted by molar-refractivity contribution is -0.121. The maximum Gasteiger partial charge on any atom is 0.219 e. The average molecular weight is 229 g/mol. The normalized spacial score (nSPS) is 10.1. The highest BCUT2D eigenvalue weighted by Crippen LogP contribution is 1.98. The van der Waals surface area contributed by atoms with Crippen LogP contribution in [0.25, 0.3) is 0 Å². The Balaban J connectivity index is 3.20. The van der Waals surface area contributed by atoms with Crippen LogP contribution >= 0.6 is 0 Å². The van der Waals surface area contributed by atoms with Crippen LogP contribution in [-0.2, 0) is 9.59 Å². The summed E-state index contributed by atoms with van der Waals surface area (Å²) in [5, 5.41) is 2.81. The van der Waals surface area contributed by atoms with E-state index in [9.17, 15) is 9.59 Å². The molecular weight excluding hydrogens is 206 g/mol. The van der Waals surface area contributed by atoms with Gasteiger partial charge in [-0.05, 0) is 32.2 Å². The Labute approximate surface area is 96.9 Å². The summed E-state index contributed by atoms with van der Waals surface area (Å²) >= 11 is 0. The fourth-order valence-corrected chi connectivity index (χ4v) is 1.35. The van der Waals surface area contributed by atoms with Gasteiger partial charge in [-0.3, -0.25) is 9.59 Å². The maximum atomic E-state index is 11.3. The molecule has 5 nitrogen and oxygen atoms in total. The van der Waals surface area contributed by atoms with Gasteiger partial charge in [0.15, 0.2) is 0 Å². The van der Waals surface area contributed by atoms with Gasteiger partial charge in [0.25, 0.3) is 0 Å². The van der Waals surface area contributed by atoms with Gasteiger partial charge in [0, 0.05) is 19.4 Å². The fraction of sp³-hybridized carbons (Fsp3) is 0.818. The molecule has 0 aromatic rings. The van der Waals surface area contributed by atoms with E-state index in [4.69, 9.17) is 11.5 Å². The molecule has 0 aliphatic carbocycles. The summed E-state index contributed by atoms with van der Waals surface area (Å²) in [5.74, 6) is -0.204. The summed E-state index contributed by atoms with van der Waals surface area (Å²) in [6.07, 6.45) is 5.38. The molecule has 0 bridgehead atoms. The molecule has 16 heavy (non-hydrogen) atoms. The van der Waals surface area contributed by atoms with E-state index in [-0.39, 0.29) is 11.8 Å². The molecular formula is C11H23N3O2. The van der Waals surface area contributed by atoms with Crippen molar-refractivity contribution in [2.45, 2.75) is 44.9 Å². The van der Waals surface area contributed by atoms with E-state index in [1.54, 1.807) is 0 Å². The van der Waals surface area contributed by atoms with Gasteiger partial charge in [-0.25, -0.2) is 0 Å². The Hall–Kier alpha value is -1.10. The number of rotatable bonds is 10.